The normalized spacial score (nSPS) is 21.9. The van der Waals surface area contributed by atoms with Crippen molar-refractivity contribution in [3.63, 3.8) is 0 Å². The van der Waals surface area contributed by atoms with Crippen molar-refractivity contribution in [2.75, 3.05) is 62.3 Å². The van der Waals surface area contributed by atoms with E-state index in [-0.39, 0.29) is 84.6 Å². The van der Waals surface area contributed by atoms with Gasteiger partial charge in [-0.05, 0) is 82.0 Å². The number of Topliss-reactive ketones (excluding diaryl/α,β-unsaturated/α-hetero) is 1. The molecule has 4 aliphatic rings. The molecular weight excluding hydrogens is 1440 g/mol. The van der Waals surface area contributed by atoms with Crippen LogP contribution in [0, 0.1) is 5.41 Å². The molecule has 6 heterocycles. The molecule has 100 heavy (non-hydrogen) atoms. The van der Waals surface area contributed by atoms with Crippen LogP contribution in [0.15, 0.2) is 82.8 Å². The minimum atomic E-state index is -5.64. The maximum Gasteiger partial charge on any atom is 0.481 e. The zero-order chi connectivity index (χ0) is 73.5. The number of likely N-dealkylation sites (N-methyl/N-ethyl adjacent to an activating group) is 1. The fraction of sp³-hybridized carbons (Fsp3) is 0.542. The molecule has 0 radical (unpaired) electrons. The lowest BCUT2D eigenvalue weighted by atomic mass is 9.81. The van der Waals surface area contributed by atoms with E-state index in [9.17, 15) is 80.4 Å². The first-order valence-electron chi connectivity index (χ1n) is 31.4. The quantitative estimate of drug-likeness (QED) is 0.00405. The van der Waals surface area contributed by atoms with E-state index >= 15 is 0 Å². The molecule has 4 aromatic rings. The topological polar surface area (TPSA) is 500 Å². The second-order valence-corrected chi connectivity index (χ2v) is 33.2. The van der Waals surface area contributed by atoms with Crippen molar-refractivity contribution in [2.45, 2.75) is 156 Å². The number of aliphatic hydroxyl groups excluding tert-OH is 2. The van der Waals surface area contributed by atoms with Gasteiger partial charge in [0.2, 0.25) is 29.3 Å². The molecule has 0 aliphatic carbocycles. The van der Waals surface area contributed by atoms with Crippen molar-refractivity contribution in [1.82, 2.24) is 35.1 Å². The Morgan fingerprint density at radius 3 is 2.34 bits per heavy atom. The largest absolute Gasteiger partial charge is 0.481 e. The number of phosphoric ester groups is 3. The lowest BCUT2D eigenvalue weighted by Crippen LogP contribution is -2.46. The lowest BCUT2D eigenvalue weighted by molar-refractivity contribution is -0.438. The SMILES string of the molecule is CCN1/C(=C/C=C/C2=[N+](CCCCCC(=O)CCCN3C(=O)C[C@@H](SCCNC(=O)CCNC(=O)[C@H](O)C(C)(C)COP(=O)(O)OP(=O)(O)OC[C@H]4O[C@@H](n5cnc6c(N)ncnc65)C(O)[C@H]4OP(=O)(O)O)C3=O)c3ccc(SOOO)cc3C2(C)C)C(C)(C)c2cc(S(=O)(=O)O)ccc21. The molecule has 41 heteroatoms. The van der Waals surface area contributed by atoms with Crippen LogP contribution in [0.5, 0.6) is 0 Å². The number of phosphoric acid groups is 3. The van der Waals surface area contributed by atoms with Gasteiger partial charge in [0, 0.05) is 109 Å². The number of hydrogen-bond donors (Lipinski definition) is 11. The summed E-state index contributed by atoms with van der Waals surface area (Å²) in [5.74, 6) is -2.15. The Morgan fingerprint density at radius 2 is 1.64 bits per heavy atom. The van der Waals surface area contributed by atoms with Crippen LogP contribution in [-0.4, -0.2) is 193 Å². The zero-order valence-electron chi connectivity index (χ0n) is 55.4. The number of fused-ring (bicyclic) bond motifs is 3. The van der Waals surface area contributed by atoms with E-state index < -0.39 is 117 Å². The van der Waals surface area contributed by atoms with Crippen LogP contribution in [0.2, 0.25) is 0 Å². The van der Waals surface area contributed by atoms with Crippen LogP contribution in [0.1, 0.15) is 117 Å². The molecule has 2 saturated heterocycles. The molecule has 0 spiro atoms. The van der Waals surface area contributed by atoms with Gasteiger partial charge in [0.1, 0.15) is 48.6 Å². The van der Waals surface area contributed by atoms with E-state index in [0.717, 1.165) is 80.9 Å². The fourth-order valence-corrected chi connectivity index (χ4v) is 16.8. The Hall–Kier alpha value is -5.77. The highest BCUT2D eigenvalue weighted by atomic mass is 32.2. The summed E-state index contributed by atoms with van der Waals surface area (Å²) in [6, 6.07) is 10.4. The molecule has 550 valence electrons. The average molecular weight is 1520 g/mol. The maximum absolute atomic E-state index is 13.3. The van der Waals surface area contributed by atoms with E-state index in [1.165, 1.54) is 37.7 Å². The Balaban J connectivity index is 0.717. The van der Waals surface area contributed by atoms with Gasteiger partial charge in [-0.15, -0.1) is 16.1 Å². The molecular formula is C59H82N10O25P3S3+. The predicted octanol–water partition coefficient (Wildman–Crippen LogP) is 5.18. The number of aliphatic hydroxyl groups is 2. The van der Waals surface area contributed by atoms with E-state index in [1.807, 2.05) is 51.1 Å². The van der Waals surface area contributed by atoms with E-state index in [0.29, 0.717) is 30.8 Å². The maximum atomic E-state index is 13.3. The molecule has 3 unspecified atom stereocenters. The molecule has 8 rings (SSSR count). The highest BCUT2D eigenvalue weighted by molar-refractivity contribution is 8.00. The molecule has 2 aromatic heterocycles. The van der Waals surface area contributed by atoms with Gasteiger partial charge in [0.05, 0.1) is 47.1 Å². The molecule has 2 aromatic carbocycles. The number of carbonyl (C=O) groups is 5. The Kier molecular flexibility index (Phi) is 26.3. The predicted molar refractivity (Wildman–Crippen MR) is 359 cm³/mol. The highest BCUT2D eigenvalue weighted by Gasteiger charge is 2.51. The lowest BCUT2D eigenvalue weighted by Gasteiger charge is -2.30. The summed E-state index contributed by atoms with van der Waals surface area (Å²) in [6.07, 6.45) is 1.59. The first-order chi connectivity index (χ1) is 46.8. The number of ketones is 1. The fourth-order valence-electron chi connectivity index (χ4n) is 12.1. The van der Waals surface area contributed by atoms with Gasteiger partial charge in [0.15, 0.2) is 23.4 Å². The monoisotopic (exact) mass is 1520 g/mol. The van der Waals surface area contributed by atoms with Crippen LogP contribution in [0.3, 0.4) is 0 Å². The number of carbonyl (C=O) groups excluding carboxylic acids is 5. The summed E-state index contributed by atoms with van der Waals surface area (Å²) < 4.78 is 104. The smallest absolute Gasteiger partial charge is 0.386 e. The first-order valence-corrected chi connectivity index (χ1v) is 39.1. The van der Waals surface area contributed by atoms with Crippen molar-refractivity contribution < 1.29 is 122 Å². The summed E-state index contributed by atoms with van der Waals surface area (Å²) in [6.45, 7) is 11.7. The second kappa shape index (κ2) is 32.9. The number of rotatable bonds is 37. The molecule has 4 aliphatic heterocycles. The van der Waals surface area contributed by atoms with Crippen molar-refractivity contribution in [3.8, 4) is 0 Å². The Labute approximate surface area is 583 Å². The van der Waals surface area contributed by atoms with Crippen molar-refractivity contribution >= 4 is 121 Å². The number of anilines is 2. The van der Waals surface area contributed by atoms with Crippen LogP contribution in [0.25, 0.3) is 11.2 Å². The van der Waals surface area contributed by atoms with Crippen LogP contribution < -0.4 is 21.3 Å². The number of amides is 4. The number of aromatic nitrogens is 4. The van der Waals surface area contributed by atoms with E-state index in [4.69, 9.17) is 29.1 Å². The molecule has 0 bridgehead atoms. The van der Waals surface area contributed by atoms with E-state index in [1.54, 1.807) is 6.07 Å². The summed E-state index contributed by atoms with van der Waals surface area (Å²) in [5.41, 5.74) is 8.61. The number of benzene rings is 2. The van der Waals surface area contributed by atoms with Gasteiger partial charge in [0.25, 0.3) is 10.1 Å². The highest BCUT2D eigenvalue weighted by Crippen LogP contribution is 2.61. The Morgan fingerprint density at radius 1 is 0.920 bits per heavy atom. The first kappa shape index (κ1) is 79.9. The molecule has 35 nitrogen and oxygen atoms in total. The van der Waals surface area contributed by atoms with Crippen molar-refractivity contribution in [1.29, 1.82) is 0 Å². The van der Waals surface area contributed by atoms with Gasteiger partial charge in [-0.3, -0.25) is 51.6 Å². The number of nitrogen functional groups attached to an aromatic ring is 1. The number of thioether (sulfide) groups is 1. The summed E-state index contributed by atoms with van der Waals surface area (Å²) in [7, 11) is -21.0. The summed E-state index contributed by atoms with van der Waals surface area (Å²) in [5, 5.41) is 38.8. The standard InChI is InChI=1S/C59H81N10O25P3S3/c1-8-66-40-21-19-37(100(85,86)87)29-39(40)59(6,7)44(66)16-12-17-45-58(4,5)38-28-36(99-93-92-77)18-20-41(38)67(45)25-11-9-10-14-35(70)15-13-26-68-47(72)30-43(55(68)76)98-27-24-61-46(71)22-23-62-54(75)51(74)57(2,3)32-89-97(83,84)94-96(81,82)88-31-42-50(91-95(78,79)80)49(73)56(90-42)69-34-65-48-52(60)63-33-64-53(48)69/h12,16-21,28-29,33-34,42-43,49-51,56,73-74H,8-11,13-15,22-27,30-32H2,1-7H3,(H9-,60,61,62,63,64,71,75,77,78,79,80,81,82,83,84,85,86,87)/p+1/t42-,43-,49?,50+,51+,56-/m1/s1. The van der Waals surface area contributed by atoms with Crippen LogP contribution in [0.4, 0.5) is 17.2 Å². The van der Waals surface area contributed by atoms with Gasteiger partial charge in [-0.2, -0.15) is 17.3 Å². The molecule has 8 atom stereocenters. The third-order valence-corrected chi connectivity index (χ3v) is 22.9. The van der Waals surface area contributed by atoms with Gasteiger partial charge in [-0.1, -0.05) is 38.8 Å². The second-order valence-electron chi connectivity index (χ2n) is 25.5. The van der Waals surface area contributed by atoms with Crippen LogP contribution >= 0.6 is 47.3 Å². The molecule has 2 fully saturated rings. The minimum Gasteiger partial charge on any atom is -0.386 e. The third-order valence-electron chi connectivity index (χ3n) is 17.2. The number of allylic oxidation sites excluding steroid dienone is 4. The zero-order valence-corrected chi connectivity index (χ0v) is 60.6. The number of unbranched alkanes of at least 4 members (excludes halogenated alkanes) is 2. The number of nitrogens with zero attached hydrogens (tertiary/aromatic N) is 7. The van der Waals surface area contributed by atoms with Crippen LogP contribution in [-0.2, 0) is 90.6 Å². The third kappa shape index (κ3) is 19.5. The minimum absolute atomic E-state index is 0.000817. The number of nitrogens with one attached hydrogen (secondary N) is 2. The molecule has 0 saturated carbocycles. The summed E-state index contributed by atoms with van der Waals surface area (Å²) >= 11 is 2.03. The number of imidazole rings is 1. The average Bonchev–Trinajstić information content (AvgIpc) is 1.60. The summed E-state index contributed by atoms with van der Waals surface area (Å²) in [4.78, 5) is 120. The van der Waals surface area contributed by atoms with Crippen molar-refractivity contribution in [2.24, 2.45) is 5.41 Å². The number of ether oxygens (including phenoxy) is 1. The van der Waals surface area contributed by atoms with E-state index in [2.05, 4.69) is 68.9 Å². The van der Waals surface area contributed by atoms with Gasteiger partial charge in [-0.25, -0.2) is 33.9 Å². The molecule has 12 N–H and O–H groups in total. The number of hydrogen-bond acceptors (Lipinski definition) is 27. The number of nitrogens with two attached hydrogens (primary N) is 1. The van der Waals surface area contributed by atoms with Gasteiger partial charge < -0.3 is 55.8 Å². The Bertz CT molecular complexity index is 4100. The van der Waals surface area contributed by atoms with Gasteiger partial charge >= 0.3 is 23.5 Å². The number of likely N-dealkylation sites (tertiary alicyclic amines) is 1. The molecule has 4 amide bonds. The van der Waals surface area contributed by atoms with Crippen molar-refractivity contribution in [3.05, 3.63) is 84.1 Å². The number of imide groups is 1.